The fourth-order valence-corrected chi connectivity index (χ4v) is 3.63. The smallest absolute Gasteiger partial charge is 0.279 e. The van der Waals surface area contributed by atoms with Crippen LogP contribution in [0.4, 0.5) is 5.69 Å². The third kappa shape index (κ3) is 5.45. The lowest BCUT2D eigenvalue weighted by molar-refractivity contribution is -0.885. The second kappa shape index (κ2) is 10.0. The number of benzene rings is 3. The Morgan fingerprint density at radius 3 is 2.23 bits per heavy atom. The van der Waals surface area contributed by atoms with Crippen molar-refractivity contribution in [1.82, 2.24) is 4.90 Å². The molecule has 1 atom stereocenters. The first-order chi connectivity index (χ1) is 14.5. The molecule has 0 heterocycles. The molecule has 3 rings (SSSR count). The Bertz CT molecular complexity index is 1010. The van der Waals surface area contributed by atoms with Gasteiger partial charge in [-0.15, -0.1) is 0 Å². The van der Waals surface area contributed by atoms with Crippen LogP contribution in [0.2, 0.25) is 0 Å². The molecule has 0 saturated carbocycles. The molecule has 0 radical (unpaired) electrons. The van der Waals surface area contributed by atoms with Crippen LogP contribution in [0.3, 0.4) is 0 Å². The molecule has 156 valence electrons. The van der Waals surface area contributed by atoms with E-state index >= 15 is 0 Å². The molecule has 0 saturated heterocycles. The van der Waals surface area contributed by atoms with Gasteiger partial charge >= 0.3 is 0 Å². The van der Waals surface area contributed by atoms with E-state index in [9.17, 15) is 9.59 Å². The van der Waals surface area contributed by atoms with Gasteiger partial charge in [0.05, 0.1) is 7.05 Å². The van der Waals surface area contributed by atoms with Crippen molar-refractivity contribution in [1.29, 1.82) is 0 Å². The predicted octanol–water partition coefficient (Wildman–Crippen LogP) is 2.98. The maximum absolute atomic E-state index is 12.4. The average molecular weight is 405 g/mol. The van der Waals surface area contributed by atoms with Crippen molar-refractivity contribution in [2.75, 3.05) is 32.0 Å². The van der Waals surface area contributed by atoms with Gasteiger partial charge < -0.3 is 15.1 Å². The quantitative estimate of drug-likeness (QED) is 0.607. The van der Waals surface area contributed by atoms with E-state index in [1.54, 1.807) is 29.2 Å². The van der Waals surface area contributed by atoms with E-state index in [0.29, 0.717) is 30.9 Å². The van der Waals surface area contributed by atoms with Crippen LogP contribution < -0.4 is 10.2 Å². The number of amides is 2. The third-order valence-corrected chi connectivity index (χ3v) is 5.25. The SMILES string of the molecule is CCN(CC)C(=O)c1ccc(NC(=O)C[NH+](C)Cc2ccc3ccccc3c2)cc1. The Balaban J connectivity index is 1.54. The Hall–Kier alpha value is -3.18. The Morgan fingerprint density at radius 2 is 1.57 bits per heavy atom. The lowest BCUT2D eigenvalue weighted by atomic mass is 10.1. The number of fused-ring (bicyclic) bond motifs is 1. The second-order valence-corrected chi connectivity index (χ2v) is 7.60. The van der Waals surface area contributed by atoms with E-state index in [1.807, 2.05) is 33.0 Å². The number of nitrogens with zero attached hydrogens (tertiary/aromatic N) is 1. The predicted molar refractivity (Wildman–Crippen MR) is 122 cm³/mol. The van der Waals surface area contributed by atoms with E-state index in [0.717, 1.165) is 11.4 Å². The molecule has 3 aromatic carbocycles. The van der Waals surface area contributed by atoms with Crippen LogP contribution in [0.15, 0.2) is 66.7 Å². The van der Waals surface area contributed by atoms with Gasteiger partial charge in [0.1, 0.15) is 6.54 Å². The molecular weight excluding hydrogens is 374 g/mol. The minimum atomic E-state index is -0.0453. The van der Waals surface area contributed by atoms with Crippen molar-refractivity contribution >= 4 is 28.3 Å². The number of hydrogen-bond acceptors (Lipinski definition) is 2. The molecule has 0 spiro atoms. The normalized spacial score (nSPS) is 11.8. The van der Waals surface area contributed by atoms with Crippen LogP contribution >= 0.6 is 0 Å². The second-order valence-electron chi connectivity index (χ2n) is 7.60. The molecule has 0 fully saturated rings. The number of carbonyl (C=O) groups excluding carboxylic acids is 2. The minimum Gasteiger partial charge on any atom is -0.339 e. The summed E-state index contributed by atoms with van der Waals surface area (Å²) in [5, 5.41) is 5.36. The van der Waals surface area contributed by atoms with Crippen molar-refractivity contribution in [2.45, 2.75) is 20.4 Å². The van der Waals surface area contributed by atoms with Gasteiger partial charge in [-0.05, 0) is 55.0 Å². The summed E-state index contributed by atoms with van der Waals surface area (Å²) in [6.45, 7) is 6.43. The highest BCUT2D eigenvalue weighted by molar-refractivity contribution is 5.96. The third-order valence-electron chi connectivity index (χ3n) is 5.25. The Labute approximate surface area is 178 Å². The lowest BCUT2D eigenvalue weighted by Gasteiger charge is -2.18. The number of nitrogens with one attached hydrogen (secondary N) is 2. The molecule has 0 aliphatic rings. The topological polar surface area (TPSA) is 53.9 Å². The van der Waals surface area contributed by atoms with Crippen molar-refractivity contribution in [3.8, 4) is 0 Å². The number of rotatable bonds is 8. The van der Waals surface area contributed by atoms with E-state index < -0.39 is 0 Å². The van der Waals surface area contributed by atoms with Crippen molar-refractivity contribution in [2.24, 2.45) is 0 Å². The van der Waals surface area contributed by atoms with Crippen LogP contribution in [0.1, 0.15) is 29.8 Å². The van der Waals surface area contributed by atoms with Gasteiger partial charge in [0.2, 0.25) is 0 Å². The number of likely N-dealkylation sites (N-methyl/N-ethyl adjacent to an activating group) is 1. The van der Waals surface area contributed by atoms with Crippen molar-refractivity contribution < 1.29 is 14.5 Å². The Kier molecular flexibility index (Phi) is 7.20. The summed E-state index contributed by atoms with van der Waals surface area (Å²) in [5.74, 6) is -0.0338. The average Bonchev–Trinajstić information content (AvgIpc) is 2.74. The summed E-state index contributed by atoms with van der Waals surface area (Å²) in [5.41, 5.74) is 2.55. The van der Waals surface area contributed by atoms with Crippen LogP contribution in [0, 0.1) is 0 Å². The van der Waals surface area contributed by atoms with Gasteiger partial charge in [0, 0.05) is 29.9 Å². The van der Waals surface area contributed by atoms with Crippen molar-refractivity contribution in [3.05, 3.63) is 77.9 Å². The summed E-state index contributed by atoms with van der Waals surface area (Å²) in [4.78, 5) is 27.7. The van der Waals surface area contributed by atoms with Crippen LogP contribution in [-0.4, -0.2) is 43.4 Å². The van der Waals surface area contributed by atoms with Gasteiger partial charge in [-0.25, -0.2) is 0 Å². The molecule has 0 bridgehead atoms. The van der Waals surface area contributed by atoms with Gasteiger partial charge in [-0.2, -0.15) is 0 Å². The minimum absolute atomic E-state index is 0.0115. The summed E-state index contributed by atoms with van der Waals surface area (Å²) in [6, 6.07) is 21.8. The van der Waals surface area contributed by atoms with E-state index in [1.165, 1.54) is 16.3 Å². The highest BCUT2D eigenvalue weighted by atomic mass is 16.2. The summed E-state index contributed by atoms with van der Waals surface area (Å²) in [7, 11) is 2.01. The molecule has 30 heavy (non-hydrogen) atoms. The molecular formula is C25H30N3O2+. The summed E-state index contributed by atoms with van der Waals surface area (Å²) >= 11 is 0. The van der Waals surface area contributed by atoms with Gasteiger partial charge in [-0.3, -0.25) is 9.59 Å². The number of quaternary nitrogens is 1. The van der Waals surface area contributed by atoms with Gasteiger partial charge in [-0.1, -0.05) is 36.4 Å². The number of carbonyl (C=O) groups is 2. The molecule has 0 aliphatic carbocycles. The van der Waals surface area contributed by atoms with E-state index in [4.69, 9.17) is 0 Å². The van der Waals surface area contributed by atoms with Gasteiger partial charge in [0.15, 0.2) is 6.54 Å². The monoisotopic (exact) mass is 404 g/mol. The standard InChI is InChI=1S/C25H29N3O2/c1-4-28(5-2)25(30)21-12-14-23(15-13-21)26-24(29)18-27(3)17-19-10-11-20-8-6-7-9-22(20)16-19/h6-16H,4-5,17-18H2,1-3H3,(H,26,29)/p+1. The van der Waals surface area contributed by atoms with Crippen LogP contribution in [0.5, 0.6) is 0 Å². The summed E-state index contributed by atoms with van der Waals surface area (Å²) in [6.07, 6.45) is 0. The molecule has 1 unspecified atom stereocenters. The van der Waals surface area contributed by atoms with Crippen LogP contribution in [-0.2, 0) is 11.3 Å². The van der Waals surface area contributed by atoms with Crippen molar-refractivity contribution in [3.63, 3.8) is 0 Å². The first-order valence-electron chi connectivity index (χ1n) is 10.5. The largest absolute Gasteiger partial charge is 0.339 e. The van der Waals surface area contributed by atoms with E-state index in [-0.39, 0.29) is 11.8 Å². The summed E-state index contributed by atoms with van der Waals surface area (Å²) < 4.78 is 0. The van der Waals surface area contributed by atoms with Gasteiger partial charge in [0.25, 0.3) is 11.8 Å². The zero-order chi connectivity index (χ0) is 21.5. The molecule has 5 heteroatoms. The highest BCUT2D eigenvalue weighted by Gasteiger charge is 2.14. The number of anilines is 1. The first-order valence-corrected chi connectivity index (χ1v) is 10.5. The molecule has 5 nitrogen and oxygen atoms in total. The fourth-order valence-electron chi connectivity index (χ4n) is 3.63. The van der Waals surface area contributed by atoms with E-state index in [2.05, 4.69) is 35.6 Å². The molecule has 2 amide bonds. The lowest BCUT2D eigenvalue weighted by Crippen LogP contribution is -3.08. The zero-order valence-electron chi connectivity index (χ0n) is 17.9. The fraction of sp³-hybridized carbons (Fsp3) is 0.280. The first kappa shape index (κ1) is 21.5. The van der Waals surface area contributed by atoms with Crippen LogP contribution in [0.25, 0.3) is 10.8 Å². The Morgan fingerprint density at radius 1 is 0.900 bits per heavy atom. The zero-order valence-corrected chi connectivity index (χ0v) is 17.9. The molecule has 3 aromatic rings. The molecule has 0 aromatic heterocycles. The maximum Gasteiger partial charge on any atom is 0.279 e. The number of hydrogen-bond donors (Lipinski definition) is 2. The molecule has 0 aliphatic heterocycles. The maximum atomic E-state index is 12.4. The molecule has 2 N–H and O–H groups in total. The highest BCUT2D eigenvalue weighted by Crippen LogP contribution is 2.15.